The fraction of sp³-hybridized carbons (Fsp3) is 0.667. The topological polar surface area (TPSA) is 45.4 Å². The van der Waals surface area contributed by atoms with E-state index in [9.17, 15) is 0 Å². The molecule has 1 aliphatic heterocycles. The Labute approximate surface area is 116 Å². The molecule has 1 aromatic heterocycles. The molecule has 0 atom stereocenters. The van der Waals surface area contributed by atoms with E-state index in [1.165, 1.54) is 25.2 Å². The predicted molar refractivity (Wildman–Crippen MR) is 78.7 cm³/mol. The van der Waals surface area contributed by atoms with Crippen molar-refractivity contribution in [3.05, 3.63) is 29.6 Å². The summed E-state index contributed by atoms with van der Waals surface area (Å²) >= 11 is 0. The molecule has 1 saturated heterocycles. The fourth-order valence-electron chi connectivity index (χ4n) is 2.69. The third-order valence-corrected chi connectivity index (χ3v) is 3.66. The number of rotatable bonds is 5. The lowest BCUT2D eigenvalue weighted by Gasteiger charge is -2.35. The number of nitrogens with two attached hydrogens (primary N) is 1. The van der Waals surface area contributed by atoms with Gasteiger partial charge < -0.3 is 10.6 Å². The van der Waals surface area contributed by atoms with E-state index < -0.39 is 0 Å². The van der Waals surface area contributed by atoms with Gasteiger partial charge in [-0.2, -0.15) is 0 Å². The van der Waals surface area contributed by atoms with Crippen LogP contribution in [0.15, 0.2) is 18.3 Å². The quantitative estimate of drug-likeness (QED) is 0.869. The predicted octanol–water partition coefficient (Wildman–Crippen LogP) is 1.31. The van der Waals surface area contributed by atoms with Gasteiger partial charge in [-0.3, -0.25) is 9.88 Å². The van der Waals surface area contributed by atoms with Crippen molar-refractivity contribution in [1.82, 2.24) is 14.8 Å². The van der Waals surface area contributed by atoms with E-state index in [4.69, 9.17) is 5.73 Å². The summed E-state index contributed by atoms with van der Waals surface area (Å²) in [6.45, 7) is 11.9. The molecule has 0 radical (unpaired) electrons. The van der Waals surface area contributed by atoms with Crippen LogP contribution in [0.3, 0.4) is 0 Å². The molecule has 0 aromatic carbocycles. The lowest BCUT2D eigenvalue weighted by atomic mass is 10.1. The van der Waals surface area contributed by atoms with Crippen LogP contribution in [-0.2, 0) is 13.1 Å². The van der Waals surface area contributed by atoms with Crippen molar-refractivity contribution in [2.75, 3.05) is 32.7 Å². The third-order valence-electron chi connectivity index (χ3n) is 3.66. The van der Waals surface area contributed by atoms with Crippen molar-refractivity contribution < 1.29 is 0 Å². The molecule has 0 saturated carbocycles. The minimum absolute atomic E-state index is 0.531. The summed E-state index contributed by atoms with van der Waals surface area (Å²) in [5.74, 6) is 0.758. The van der Waals surface area contributed by atoms with Gasteiger partial charge in [0.2, 0.25) is 0 Å². The molecule has 106 valence electrons. The fourth-order valence-corrected chi connectivity index (χ4v) is 2.69. The van der Waals surface area contributed by atoms with Crippen LogP contribution in [0, 0.1) is 5.92 Å². The summed E-state index contributed by atoms with van der Waals surface area (Å²) in [5, 5.41) is 0. The second kappa shape index (κ2) is 6.98. The van der Waals surface area contributed by atoms with Crippen LogP contribution in [0.25, 0.3) is 0 Å². The van der Waals surface area contributed by atoms with Gasteiger partial charge in [-0.25, -0.2) is 0 Å². The summed E-state index contributed by atoms with van der Waals surface area (Å²) in [6.07, 6.45) is 1.83. The maximum absolute atomic E-state index is 5.74. The van der Waals surface area contributed by atoms with E-state index in [-0.39, 0.29) is 0 Å². The number of hydrogen-bond donors (Lipinski definition) is 1. The van der Waals surface area contributed by atoms with Gasteiger partial charge in [-0.1, -0.05) is 19.9 Å². The SMILES string of the molecule is CC(C)CN1CCN(Cc2cccnc2CN)CC1. The van der Waals surface area contributed by atoms with Crippen LogP contribution in [0.1, 0.15) is 25.1 Å². The van der Waals surface area contributed by atoms with Gasteiger partial charge in [0.1, 0.15) is 0 Å². The lowest BCUT2D eigenvalue weighted by molar-refractivity contribution is 0.117. The lowest BCUT2D eigenvalue weighted by Crippen LogP contribution is -2.47. The van der Waals surface area contributed by atoms with E-state index in [1.54, 1.807) is 0 Å². The standard InChI is InChI=1S/C15H26N4/c1-13(2)11-18-6-8-19(9-7-18)12-14-4-3-5-17-15(14)10-16/h3-5,13H,6-12,16H2,1-2H3. The van der Waals surface area contributed by atoms with Gasteiger partial charge >= 0.3 is 0 Å². The van der Waals surface area contributed by atoms with Crippen LogP contribution >= 0.6 is 0 Å². The first-order valence-electron chi connectivity index (χ1n) is 7.26. The van der Waals surface area contributed by atoms with Crippen LogP contribution in [0.5, 0.6) is 0 Å². The largest absolute Gasteiger partial charge is 0.325 e. The molecule has 0 spiro atoms. The van der Waals surface area contributed by atoms with E-state index in [0.717, 1.165) is 31.2 Å². The molecule has 1 aromatic rings. The van der Waals surface area contributed by atoms with Gasteiger partial charge in [0.15, 0.2) is 0 Å². The average Bonchev–Trinajstić information content (AvgIpc) is 2.41. The second-order valence-corrected chi connectivity index (χ2v) is 5.78. The molecule has 0 aliphatic carbocycles. The van der Waals surface area contributed by atoms with E-state index in [1.807, 2.05) is 12.3 Å². The summed E-state index contributed by atoms with van der Waals surface area (Å²) < 4.78 is 0. The molecule has 1 aliphatic rings. The van der Waals surface area contributed by atoms with E-state index in [0.29, 0.717) is 6.54 Å². The van der Waals surface area contributed by atoms with Crippen LogP contribution in [0.2, 0.25) is 0 Å². The molecule has 2 heterocycles. The van der Waals surface area contributed by atoms with Crippen molar-refractivity contribution in [2.45, 2.75) is 26.9 Å². The molecule has 4 heteroatoms. The molecule has 2 rings (SSSR count). The van der Waals surface area contributed by atoms with Crippen molar-refractivity contribution >= 4 is 0 Å². The zero-order valence-corrected chi connectivity index (χ0v) is 12.2. The molecule has 4 nitrogen and oxygen atoms in total. The average molecular weight is 262 g/mol. The van der Waals surface area contributed by atoms with E-state index in [2.05, 4.69) is 34.7 Å². The van der Waals surface area contributed by atoms with Crippen molar-refractivity contribution in [1.29, 1.82) is 0 Å². The Morgan fingerprint density at radius 1 is 1.21 bits per heavy atom. The Balaban J connectivity index is 1.85. The maximum atomic E-state index is 5.74. The molecule has 2 N–H and O–H groups in total. The Kier molecular flexibility index (Phi) is 5.31. The highest BCUT2D eigenvalue weighted by molar-refractivity contribution is 5.19. The maximum Gasteiger partial charge on any atom is 0.0584 e. The highest BCUT2D eigenvalue weighted by Gasteiger charge is 2.18. The highest BCUT2D eigenvalue weighted by atomic mass is 15.3. The number of hydrogen-bond acceptors (Lipinski definition) is 4. The highest BCUT2D eigenvalue weighted by Crippen LogP contribution is 2.12. The van der Waals surface area contributed by atoms with Gasteiger partial charge in [-0.05, 0) is 17.5 Å². The summed E-state index contributed by atoms with van der Waals surface area (Å²) in [7, 11) is 0. The molecule has 19 heavy (non-hydrogen) atoms. The number of aromatic nitrogens is 1. The minimum atomic E-state index is 0.531. The molecule has 1 fully saturated rings. The summed E-state index contributed by atoms with van der Waals surface area (Å²) in [4.78, 5) is 9.43. The van der Waals surface area contributed by atoms with Crippen LogP contribution in [0.4, 0.5) is 0 Å². The van der Waals surface area contributed by atoms with Crippen molar-refractivity contribution in [3.63, 3.8) is 0 Å². The first kappa shape index (κ1) is 14.4. The van der Waals surface area contributed by atoms with Gasteiger partial charge in [0.25, 0.3) is 0 Å². The van der Waals surface area contributed by atoms with Crippen molar-refractivity contribution in [2.24, 2.45) is 11.7 Å². The number of nitrogens with zero attached hydrogens (tertiary/aromatic N) is 3. The number of piperazine rings is 1. The monoisotopic (exact) mass is 262 g/mol. The Bertz CT molecular complexity index is 383. The smallest absolute Gasteiger partial charge is 0.0584 e. The summed E-state index contributed by atoms with van der Waals surface area (Å²) in [5.41, 5.74) is 8.06. The molecule has 0 amide bonds. The van der Waals surface area contributed by atoms with Gasteiger partial charge in [0.05, 0.1) is 5.69 Å². The van der Waals surface area contributed by atoms with E-state index >= 15 is 0 Å². The molecule has 0 unspecified atom stereocenters. The number of pyridine rings is 1. The molecular weight excluding hydrogens is 236 g/mol. The van der Waals surface area contributed by atoms with Gasteiger partial charge in [0, 0.05) is 52.0 Å². The Morgan fingerprint density at radius 2 is 1.89 bits per heavy atom. The zero-order valence-electron chi connectivity index (χ0n) is 12.2. The van der Waals surface area contributed by atoms with Gasteiger partial charge in [-0.15, -0.1) is 0 Å². The molecular formula is C15H26N4. The second-order valence-electron chi connectivity index (χ2n) is 5.78. The third kappa shape index (κ3) is 4.27. The Hall–Kier alpha value is -0.970. The van der Waals surface area contributed by atoms with Crippen LogP contribution in [-0.4, -0.2) is 47.5 Å². The first-order chi connectivity index (χ1) is 9.19. The summed E-state index contributed by atoms with van der Waals surface area (Å²) in [6, 6.07) is 4.15. The van der Waals surface area contributed by atoms with Crippen molar-refractivity contribution in [3.8, 4) is 0 Å². The normalized spacial score (nSPS) is 18.1. The zero-order chi connectivity index (χ0) is 13.7. The molecule has 0 bridgehead atoms. The Morgan fingerprint density at radius 3 is 2.53 bits per heavy atom. The van der Waals surface area contributed by atoms with Crippen LogP contribution < -0.4 is 5.73 Å². The first-order valence-corrected chi connectivity index (χ1v) is 7.26. The minimum Gasteiger partial charge on any atom is -0.325 e.